The van der Waals surface area contributed by atoms with Crippen LogP contribution in [-0.2, 0) is 15.9 Å². The van der Waals surface area contributed by atoms with Gasteiger partial charge in [0.15, 0.2) is 11.9 Å². The average Bonchev–Trinajstić information content (AvgIpc) is 3.30. The summed E-state index contributed by atoms with van der Waals surface area (Å²) in [7, 11) is 3.04. The summed E-state index contributed by atoms with van der Waals surface area (Å²) in [5.74, 6) is 0.393. The third-order valence-corrected chi connectivity index (χ3v) is 5.40. The second-order valence-corrected chi connectivity index (χ2v) is 7.78. The van der Waals surface area contributed by atoms with Crippen molar-refractivity contribution in [2.75, 3.05) is 20.8 Å². The van der Waals surface area contributed by atoms with Crippen LogP contribution in [0.2, 0.25) is 0 Å². The van der Waals surface area contributed by atoms with Crippen molar-refractivity contribution in [2.45, 2.75) is 31.5 Å². The zero-order valence-corrected chi connectivity index (χ0v) is 17.3. The lowest BCUT2D eigenvalue weighted by molar-refractivity contribution is -0.0974. The largest absolute Gasteiger partial charge is 0.354 e. The van der Waals surface area contributed by atoms with Crippen molar-refractivity contribution in [3.63, 3.8) is 0 Å². The molecule has 28 heavy (non-hydrogen) atoms. The number of imidazole rings is 1. The fourth-order valence-electron chi connectivity index (χ4n) is 3.15. The van der Waals surface area contributed by atoms with Gasteiger partial charge >= 0.3 is 0 Å². The molecule has 0 aromatic carbocycles. The molecule has 0 aliphatic heterocycles. The van der Waals surface area contributed by atoms with Crippen molar-refractivity contribution >= 4 is 27.5 Å². The number of hydrogen-bond donors (Lipinski definition) is 2. The number of ether oxygens (including phenoxy) is 2. The summed E-state index contributed by atoms with van der Waals surface area (Å²) < 4.78 is 13.2. The van der Waals surface area contributed by atoms with Crippen LogP contribution in [-0.4, -0.2) is 52.5 Å². The standard InChI is InChI=1S/C19H22BrN5O3/c1-27-17(28-2)8-21-19(26)16-7-13(23-24-16)6-14-10-25-9-12(11-3-4-11)5-15(20)18(25)22-14/h5,7,9-11,17H,3-4,6,8H2,1-2H3,(H,21,26)(H,23,24). The molecular weight excluding hydrogens is 426 g/mol. The van der Waals surface area contributed by atoms with E-state index < -0.39 is 6.29 Å². The maximum atomic E-state index is 12.2. The molecule has 0 unspecified atom stereocenters. The molecule has 9 heteroatoms. The van der Waals surface area contributed by atoms with E-state index in [1.165, 1.54) is 32.6 Å². The molecule has 0 spiro atoms. The normalized spacial score (nSPS) is 14.1. The van der Waals surface area contributed by atoms with Crippen molar-refractivity contribution in [1.82, 2.24) is 24.9 Å². The quantitative estimate of drug-likeness (QED) is 0.517. The molecule has 2 N–H and O–H groups in total. The van der Waals surface area contributed by atoms with Crippen LogP contribution in [0.1, 0.15) is 46.2 Å². The molecule has 0 saturated heterocycles. The van der Waals surface area contributed by atoms with E-state index >= 15 is 0 Å². The topological polar surface area (TPSA) is 93.5 Å². The number of halogens is 1. The first-order valence-corrected chi connectivity index (χ1v) is 9.91. The van der Waals surface area contributed by atoms with Gasteiger partial charge in [0.25, 0.3) is 5.91 Å². The first-order valence-electron chi connectivity index (χ1n) is 9.12. The molecule has 3 heterocycles. The number of amides is 1. The fraction of sp³-hybridized carbons (Fsp3) is 0.421. The summed E-state index contributed by atoms with van der Waals surface area (Å²) in [6.07, 6.45) is 6.77. The number of fused-ring (bicyclic) bond motifs is 1. The molecule has 1 saturated carbocycles. The van der Waals surface area contributed by atoms with Crippen molar-refractivity contribution in [1.29, 1.82) is 0 Å². The van der Waals surface area contributed by atoms with E-state index in [4.69, 9.17) is 14.5 Å². The Balaban J connectivity index is 1.45. The summed E-state index contributed by atoms with van der Waals surface area (Å²) in [4.78, 5) is 16.9. The molecule has 0 bridgehead atoms. The summed E-state index contributed by atoms with van der Waals surface area (Å²) in [6, 6.07) is 3.90. The summed E-state index contributed by atoms with van der Waals surface area (Å²) >= 11 is 3.63. The van der Waals surface area contributed by atoms with Crippen molar-refractivity contribution in [3.8, 4) is 0 Å². The lowest BCUT2D eigenvalue weighted by atomic mass is 10.2. The number of carbonyl (C=O) groups is 1. The molecule has 0 radical (unpaired) electrons. The van der Waals surface area contributed by atoms with Crippen LogP contribution in [0.15, 0.2) is 29.0 Å². The lowest BCUT2D eigenvalue weighted by Crippen LogP contribution is -2.34. The van der Waals surface area contributed by atoms with Gasteiger partial charge in [0.2, 0.25) is 0 Å². The van der Waals surface area contributed by atoms with Gasteiger partial charge < -0.3 is 19.2 Å². The second-order valence-electron chi connectivity index (χ2n) is 6.92. The van der Waals surface area contributed by atoms with E-state index in [0.29, 0.717) is 18.0 Å². The first kappa shape index (κ1) is 19.1. The minimum Gasteiger partial charge on any atom is -0.354 e. The van der Waals surface area contributed by atoms with Gasteiger partial charge in [-0.3, -0.25) is 9.89 Å². The first-order chi connectivity index (χ1) is 13.6. The number of pyridine rings is 1. The van der Waals surface area contributed by atoms with E-state index in [1.54, 1.807) is 6.07 Å². The number of nitrogens with one attached hydrogen (secondary N) is 2. The van der Waals surface area contributed by atoms with Gasteiger partial charge in [0.05, 0.1) is 16.7 Å². The fourth-order valence-corrected chi connectivity index (χ4v) is 3.70. The molecule has 0 atom stereocenters. The Morgan fingerprint density at radius 3 is 2.86 bits per heavy atom. The number of methoxy groups -OCH3 is 2. The number of H-pyrrole nitrogens is 1. The Bertz CT molecular complexity index is 991. The van der Waals surface area contributed by atoms with E-state index in [2.05, 4.69) is 48.1 Å². The number of aromatic amines is 1. The van der Waals surface area contributed by atoms with Gasteiger partial charge in [-0.1, -0.05) is 0 Å². The Labute approximate surface area is 170 Å². The zero-order chi connectivity index (χ0) is 19.7. The van der Waals surface area contributed by atoms with Crippen LogP contribution in [0.4, 0.5) is 0 Å². The molecule has 4 rings (SSSR count). The number of rotatable bonds is 8. The van der Waals surface area contributed by atoms with Crippen molar-refractivity contribution in [3.05, 3.63) is 51.6 Å². The maximum absolute atomic E-state index is 12.2. The third kappa shape index (κ3) is 4.11. The highest BCUT2D eigenvalue weighted by molar-refractivity contribution is 9.10. The summed E-state index contributed by atoms with van der Waals surface area (Å²) in [5.41, 5.74) is 4.28. The van der Waals surface area contributed by atoms with Crippen LogP contribution >= 0.6 is 15.9 Å². The molecule has 3 aromatic heterocycles. The van der Waals surface area contributed by atoms with Crippen molar-refractivity contribution < 1.29 is 14.3 Å². The van der Waals surface area contributed by atoms with Crippen LogP contribution < -0.4 is 5.32 Å². The van der Waals surface area contributed by atoms with Gasteiger partial charge in [-0.25, -0.2) is 4.98 Å². The Hall–Kier alpha value is -2.23. The maximum Gasteiger partial charge on any atom is 0.271 e. The Morgan fingerprint density at radius 1 is 1.36 bits per heavy atom. The molecule has 3 aromatic rings. The summed E-state index contributed by atoms with van der Waals surface area (Å²) in [5, 5.41) is 9.74. The zero-order valence-electron chi connectivity index (χ0n) is 15.7. The Morgan fingerprint density at radius 2 is 2.14 bits per heavy atom. The van der Waals surface area contributed by atoms with Gasteiger partial charge in [-0.15, -0.1) is 0 Å². The van der Waals surface area contributed by atoms with Gasteiger partial charge in [-0.2, -0.15) is 5.10 Å². The number of hydrogen-bond acceptors (Lipinski definition) is 5. The SMILES string of the molecule is COC(CNC(=O)c1cc(Cc2cn3cc(C4CC4)cc(Br)c3n2)[nH]n1)OC. The van der Waals surface area contributed by atoms with Crippen LogP contribution in [0.3, 0.4) is 0 Å². The average molecular weight is 448 g/mol. The molecule has 1 amide bonds. The van der Waals surface area contributed by atoms with Crippen LogP contribution in [0, 0.1) is 0 Å². The minimum absolute atomic E-state index is 0.248. The predicted octanol–water partition coefficient (Wildman–Crippen LogP) is 2.64. The van der Waals surface area contributed by atoms with Gasteiger partial charge in [0, 0.05) is 38.7 Å². The summed E-state index contributed by atoms with van der Waals surface area (Å²) in [6.45, 7) is 0.248. The van der Waals surface area contributed by atoms with Gasteiger partial charge in [0.1, 0.15) is 5.69 Å². The molecule has 1 fully saturated rings. The number of nitrogens with zero attached hydrogens (tertiary/aromatic N) is 3. The highest BCUT2D eigenvalue weighted by Gasteiger charge is 2.25. The van der Waals surface area contributed by atoms with E-state index in [1.807, 2.05) is 6.20 Å². The smallest absolute Gasteiger partial charge is 0.271 e. The minimum atomic E-state index is -0.487. The van der Waals surface area contributed by atoms with E-state index in [0.717, 1.165) is 21.5 Å². The lowest BCUT2D eigenvalue weighted by Gasteiger charge is -2.13. The Kier molecular flexibility index (Phi) is 5.47. The number of aromatic nitrogens is 4. The number of carbonyl (C=O) groups excluding carboxylic acids is 1. The molecule has 8 nitrogen and oxygen atoms in total. The molecule has 1 aliphatic rings. The van der Waals surface area contributed by atoms with Crippen LogP contribution in [0.25, 0.3) is 5.65 Å². The molecule has 1 aliphatic carbocycles. The monoisotopic (exact) mass is 447 g/mol. The van der Waals surface area contributed by atoms with Crippen LogP contribution in [0.5, 0.6) is 0 Å². The van der Waals surface area contributed by atoms with E-state index in [9.17, 15) is 4.79 Å². The second kappa shape index (κ2) is 8.02. The van der Waals surface area contributed by atoms with Gasteiger partial charge in [-0.05, 0) is 52.4 Å². The third-order valence-electron chi connectivity index (χ3n) is 4.82. The molecular formula is C19H22BrN5O3. The van der Waals surface area contributed by atoms with Crippen molar-refractivity contribution in [2.24, 2.45) is 0 Å². The van der Waals surface area contributed by atoms with E-state index in [-0.39, 0.29) is 12.5 Å². The highest BCUT2D eigenvalue weighted by Crippen LogP contribution is 2.41. The molecule has 148 valence electrons. The highest BCUT2D eigenvalue weighted by atomic mass is 79.9. The predicted molar refractivity (Wildman–Crippen MR) is 106 cm³/mol.